The van der Waals surface area contributed by atoms with Crippen LogP contribution >= 0.6 is 11.3 Å². The number of carbonyl (C=O) groups excluding carboxylic acids is 1. The Morgan fingerprint density at radius 1 is 1.32 bits per heavy atom. The minimum atomic E-state index is 0.0498. The van der Waals surface area contributed by atoms with Crippen LogP contribution in [0.1, 0.15) is 21.1 Å². The van der Waals surface area contributed by atoms with E-state index in [1.54, 1.807) is 18.4 Å². The van der Waals surface area contributed by atoms with E-state index in [1.807, 2.05) is 30.0 Å². The van der Waals surface area contributed by atoms with Crippen molar-refractivity contribution < 1.29 is 4.79 Å². The third-order valence-electron chi connectivity index (χ3n) is 4.30. The highest BCUT2D eigenvalue weighted by atomic mass is 32.1. The SMILES string of the molecule is CN=C(NCC(=O)N1CCc2ccccc21)NCc1nc(C)c(C)s1. The predicted octanol–water partition coefficient (Wildman–Crippen LogP) is 2.01. The van der Waals surface area contributed by atoms with Gasteiger partial charge < -0.3 is 15.5 Å². The summed E-state index contributed by atoms with van der Waals surface area (Å²) in [5.74, 6) is 0.653. The average molecular weight is 357 g/mol. The summed E-state index contributed by atoms with van der Waals surface area (Å²) in [7, 11) is 1.70. The van der Waals surface area contributed by atoms with Gasteiger partial charge in [-0.25, -0.2) is 4.98 Å². The van der Waals surface area contributed by atoms with Crippen molar-refractivity contribution in [3.63, 3.8) is 0 Å². The maximum Gasteiger partial charge on any atom is 0.246 e. The topological polar surface area (TPSA) is 69.6 Å². The molecule has 0 spiro atoms. The molecule has 0 aliphatic carbocycles. The Kier molecular flexibility index (Phi) is 5.33. The molecule has 6 nitrogen and oxygen atoms in total. The summed E-state index contributed by atoms with van der Waals surface area (Å²) in [5.41, 5.74) is 3.31. The van der Waals surface area contributed by atoms with Crippen LogP contribution in [0, 0.1) is 13.8 Å². The molecular weight excluding hydrogens is 334 g/mol. The second-order valence-electron chi connectivity index (χ2n) is 5.95. The molecule has 132 valence electrons. The van der Waals surface area contributed by atoms with Gasteiger partial charge >= 0.3 is 0 Å². The molecule has 0 radical (unpaired) electrons. The molecule has 1 aliphatic rings. The fourth-order valence-corrected chi connectivity index (χ4v) is 3.72. The Hall–Kier alpha value is -2.41. The molecule has 1 aliphatic heterocycles. The molecule has 1 amide bonds. The van der Waals surface area contributed by atoms with Gasteiger partial charge in [-0.3, -0.25) is 9.79 Å². The quantitative estimate of drug-likeness (QED) is 0.649. The highest BCUT2D eigenvalue weighted by molar-refractivity contribution is 7.11. The number of anilines is 1. The number of aromatic nitrogens is 1. The van der Waals surface area contributed by atoms with Gasteiger partial charge in [0.1, 0.15) is 5.01 Å². The highest BCUT2D eigenvalue weighted by Crippen LogP contribution is 2.27. The van der Waals surface area contributed by atoms with Crippen molar-refractivity contribution in [3.8, 4) is 0 Å². The van der Waals surface area contributed by atoms with Gasteiger partial charge in [0.15, 0.2) is 5.96 Å². The van der Waals surface area contributed by atoms with Gasteiger partial charge in [-0.1, -0.05) is 18.2 Å². The summed E-state index contributed by atoms with van der Waals surface area (Å²) in [6.07, 6.45) is 0.914. The molecular formula is C18H23N5OS. The van der Waals surface area contributed by atoms with E-state index in [0.717, 1.165) is 29.4 Å². The van der Waals surface area contributed by atoms with E-state index in [0.29, 0.717) is 12.5 Å². The van der Waals surface area contributed by atoms with E-state index < -0.39 is 0 Å². The third kappa shape index (κ3) is 3.99. The molecule has 2 N–H and O–H groups in total. The molecule has 0 unspecified atom stereocenters. The van der Waals surface area contributed by atoms with Crippen LogP contribution in [0.2, 0.25) is 0 Å². The molecule has 0 fully saturated rings. The van der Waals surface area contributed by atoms with Crippen LogP contribution in [0.25, 0.3) is 0 Å². The molecule has 7 heteroatoms. The smallest absolute Gasteiger partial charge is 0.246 e. The van der Waals surface area contributed by atoms with Crippen LogP contribution in [-0.4, -0.2) is 37.0 Å². The summed E-state index contributed by atoms with van der Waals surface area (Å²) in [5, 5.41) is 7.31. The van der Waals surface area contributed by atoms with Gasteiger partial charge in [0.05, 0.1) is 18.8 Å². The summed E-state index contributed by atoms with van der Waals surface area (Å²) >= 11 is 1.67. The number of aryl methyl sites for hydroxylation is 2. The minimum Gasteiger partial charge on any atom is -0.350 e. The normalized spacial score (nSPS) is 13.7. The predicted molar refractivity (Wildman–Crippen MR) is 102 cm³/mol. The van der Waals surface area contributed by atoms with Gasteiger partial charge in [-0.2, -0.15) is 0 Å². The van der Waals surface area contributed by atoms with Gasteiger partial charge in [-0.05, 0) is 31.9 Å². The fourth-order valence-electron chi connectivity index (χ4n) is 2.85. The van der Waals surface area contributed by atoms with Crippen molar-refractivity contribution in [1.82, 2.24) is 15.6 Å². The van der Waals surface area contributed by atoms with Gasteiger partial charge in [0, 0.05) is 24.2 Å². The Morgan fingerprint density at radius 3 is 2.84 bits per heavy atom. The van der Waals surface area contributed by atoms with Gasteiger partial charge in [0.2, 0.25) is 5.91 Å². The number of carbonyl (C=O) groups is 1. The summed E-state index contributed by atoms with van der Waals surface area (Å²) < 4.78 is 0. The number of aliphatic imine (C=N–C) groups is 1. The lowest BCUT2D eigenvalue weighted by atomic mass is 10.2. The number of benzene rings is 1. The fraction of sp³-hybridized carbons (Fsp3) is 0.389. The van der Waals surface area contributed by atoms with E-state index in [4.69, 9.17) is 0 Å². The Balaban J connectivity index is 1.52. The standard InChI is InChI=1S/C18H23N5OS/c1-12-13(2)25-16(22-12)10-20-18(19-3)21-11-17(24)23-9-8-14-6-4-5-7-15(14)23/h4-7H,8-11H2,1-3H3,(H2,19,20,21). The Labute approximate surface area is 152 Å². The molecule has 0 saturated heterocycles. The lowest BCUT2D eigenvalue weighted by molar-refractivity contribution is -0.117. The number of para-hydroxylation sites is 1. The monoisotopic (exact) mass is 357 g/mol. The van der Waals surface area contributed by atoms with Crippen LogP contribution < -0.4 is 15.5 Å². The van der Waals surface area contributed by atoms with E-state index in [2.05, 4.69) is 33.6 Å². The first-order valence-electron chi connectivity index (χ1n) is 8.34. The van der Waals surface area contributed by atoms with Crippen molar-refractivity contribution in [3.05, 3.63) is 45.4 Å². The lowest BCUT2D eigenvalue weighted by Gasteiger charge is -2.18. The van der Waals surface area contributed by atoms with E-state index >= 15 is 0 Å². The van der Waals surface area contributed by atoms with Crippen molar-refractivity contribution in [2.24, 2.45) is 4.99 Å². The third-order valence-corrected chi connectivity index (χ3v) is 5.37. The number of nitrogens with zero attached hydrogens (tertiary/aromatic N) is 3. The molecule has 0 saturated carbocycles. The van der Waals surface area contributed by atoms with Crippen LogP contribution in [0.3, 0.4) is 0 Å². The lowest BCUT2D eigenvalue weighted by Crippen LogP contribution is -2.44. The zero-order valence-electron chi connectivity index (χ0n) is 14.8. The van der Waals surface area contributed by atoms with Crippen molar-refractivity contribution in [1.29, 1.82) is 0 Å². The Morgan fingerprint density at radius 2 is 2.12 bits per heavy atom. The second kappa shape index (κ2) is 7.65. The highest BCUT2D eigenvalue weighted by Gasteiger charge is 2.23. The van der Waals surface area contributed by atoms with Crippen molar-refractivity contribution in [2.45, 2.75) is 26.8 Å². The molecule has 2 aromatic rings. The maximum atomic E-state index is 12.5. The number of guanidine groups is 1. The van der Waals surface area contributed by atoms with Crippen LogP contribution in [0.5, 0.6) is 0 Å². The maximum absolute atomic E-state index is 12.5. The molecule has 1 aromatic carbocycles. The first-order valence-corrected chi connectivity index (χ1v) is 9.16. The molecule has 25 heavy (non-hydrogen) atoms. The van der Waals surface area contributed by atoms with Crippen LogP contribution in [-0.2, 0) is 17.8 Å². The Bertz CT molecular complexity index is 779. The zero-order chi connectivity index (χ0) is 17.8. The average Bonchev–Trinajstić information content (AvgIpc) is 3.18. The molecule has 0 atom stereocenters. The van der Waals surface area contributed by atoms with Crippen LogP contribution in [0.4, 0.5) is 5.69 Å². The minimum absolute atomic E-state index is 0.0498. The first-order chi connectivity index (χ1) is 12.1. The zero-order valence-corrected chi connectivity index (χ0v) is 15.6. The van der Waals surface area contributed by atoms with Crippen molar-refractivity contribution >= 4 is 28.9 Å². The largest absolute Gasteiger partial charge is 0.350 e. The number of hydrogen-bond acceptors (Lipinski definition) is 4. The number of nitrogens with one attached hydrogen (secondary N) is 2. The molecule has 1 aromatic heterocycles. The summed E-state index contributed by atoms with van der Waals surface area (Å²) in [4.78, 5) is 24.3. The van der Waals surface area contributed by atoms with Crippen LogP contribution in [0.15, 0.2) is 29.3 Å². The molecule has 0 bridgehead atoms. The number of amides is 1. The number of fused-ring (bicyclic) bond motifs is 1. The number of hydrogen-bond donors (Lipinski definition) is 2. The molecule has 3 rings (SSSR count). The van der Waals surface area contributed by atoms with Crippen molar-refractivity contribution in [2.75, 3.05) is 25.0 Å². The van der Waals surface area contributed by atoms with E-state index in [1.165, 1.54) is 10.4 Å². The van der Waals surface area contributed by atoms with Gasteiger partial charge in [0.25, 0.3) is 0 Å². The van der Waals surface area contributed by atoms with E-state index in [9.17, 15) is 4.79 Å². The number of rotatable bonds is 4. The van der Waals surface area contributed by atoms with Gasteiger partial charge in [-0.15, -0.1) is 11.3 Å². The van der Waals surface area contributed by atoms with E-state index in [-0.39, 0.29) is 12.5 Å². The summed E-state index contributed by atoms with van der Waals surface area (Å²) in [6, 6.07) is 8.06. The molecule has 2 heterocycles. The summed E-state index contributed by atoms with van der Waals surface area (Å²) in [6.45, 7) is 5.62. The second-order valence-corrected chi connectivity index (χ2v) is 7.24. The first kappa shape index (κ1) is 17.4. The number of thiazole rings is 1.